The molecule has 0 aliphatic heterocycles. The van der Waals surface area contributed by atoms with Gasteiger partial charge in [0.1, 0.15) is 12.6 Å². The lowest BCUT2D eigenvalue weighted by atomic mass is 10.1. The third-order valence-corrected chi connectivity index (χ3v) is 6.23. The van der Waals surface area contributed by atoms with Gasteiger partial charge in [-0.1, -0.05) is 54.6 Å². The SMILES string of the molecule is O=C(NC(Cc1ccccc1)C(=O)OCc1csc(Nc2ccccc2)n1)c1cccs1. The number of esters is 1. The summed E-state index contributed by atoms with van der Waals surface area (Å²) in [7, 11) is 0. The van der Waals surface area contributed by atoms with Gasteiger partial charge in [-0.15, -0.1) is 22.7 Å². The van der Waals surface area contributed by atoms with E-state index in [9.17, 15) is 9.59 Å². The second kappa shape index (κ2) is 10.7. The van der Waals surface area contributed by atoms with Crippen LogP contribution in [0.4, 0.5) is 10.8 Å². The molecular weight excluding hydrogens is 442 g/mol. The first-order chi connectivity index (χ1) is 15.7. The number of rotatable bonds is 9. The summed E-state index contributed by atoms with van der Waals surface area (Å²) in [5, 5.41) is 10.4. The minimum Gasteiger partial charge on any atom is -0.458 e. The largest absolute Gasteiger partial charge is 0.458 e. The van der Waals surface area contributed by atoms with Crippen molar-refractivity contribution in [3.05, 3.63) is 99.7 Å². The van der Waals surface area contributed by atoms with E-state index in [1.54, 1.807) is 12.1 Å². The molecule has 2 aromatic carbocycles. The third kappa shape index (κ3) is 6.03. The third-order valence-electron chi connectivity index (χ3n) is 4.56. The summed E-state index contributed by atoms with van der Waals surface area (Å²) >= 11 is 2.76. The number of thiazole rings is 1. The number of benzene rings is 2. The fourth-order valence-electron chi connectivity index (χ4n) is 3.00. The van der Waals surface area contributed by atoms with Crippen molar-refractivity contribution < 1.29 is 14.3 Å². The molecule has 162 valence electrons. The highest BCUT2D eigenvalue weighted by molar-refractivity contribution is 7.13. The summed E-state index contributed by atoms with van der Waals surface area (Å²) in [6, 6.07) is 22.0. The zero-order valence-electron chi connectivity index (χ0n) is 17.1. The number of nitrogens with one attached hydrogen (secondary N) is 2. The monoisotopic (exact) mass is 463 g/mol. The van der Waals surface area contributed by atoms with Gasteiger partial charge in [0.15, 0.2) is 5.13 Å². The van der Waals surface area contributed by atoms with Crippen LogP contribution in [0.2, 0.25) is 0 Å². The van der Waals surface area contributed by atoms with Crippen molar-refractivity contribution in [1.29, 1.82) is 0 Å². The number of thiophene rings is 1. The van der Waals surface area contributed by atoms with Crippen LogP contribution in [0.3, 0.4) is 0 Å². The molecule has 0 bridgehead atoms. The van der Waals surface area contributed by atoms with Crippen LogP contribution in [0, 0.1) is 0 Å². The predicted octanol–water partition coefficient (Wildman–Crippen LogP) is 5.03. The first kappa shape index (κ1) is 21.7. The Morgan fingerprint density at radius 1 is 0.938 bits per heavy atom. The molecule has 4 rings (SSSR count). The van der Waals surface area contributed by atoms with E-state index >= 15 is 0 Å². The van der Waals surface area contributed by atoms with Crippen LogP contribution in [0.25, 0.3) is 0 Å². The molecule has 0 spiro atoms. The fourth-order valence-corrected chi connectivity index (χ4v) is 4.34. The molecule has 8 heteroatoms. The van der Waals surface area contributed by atoms with Gasteiger partial charge in [-0.25, -0.2) is 9.78 Å². The van der Waals surface area contributed by atoms with Crippen LogP contribution in [0.5, 0.6) is 0 Å². The molecule has 32 heavy (non-hydrogen) atoms. The smallest absolute Gasteiger partial charge is 0.329 e. The molecule has 0 aliphatic carbocycles. The van der Waals surface area contributed by atoms with E-state index in [0.717, 1.165) is 11.3 Å². The molecule has 4 aromatic rings. The van der Waals surface area contributed by atoms with Gasteiger partial charge in [0, 0.05) is 17.5 Å². The molecule has 0 fully saturated rings. The Hall–Kier alpha value is -3.49. The molecule has 0 aliphatic rings. The molecule has 1 unspecified atom stereocenters. The Balaban J connectivity index is 1.38. The molecular formula is C24H21N3O3S2. The quantitative estimate of drug-likeness (QED) is 0.340. The average Bonchev–Trinajstić information content (AvgIpc) is 3.51. The number of carbonyl (C=O) groups excluding carboxylic acids is 2. The van der Waals surface area contributed by atoms with Crippen LogP contribution in [-0.2, 0) is 22.6 Å². The summed E-state index contributed by atoms with van der Waals surface area (Å²) in [6.45, 7) is 0.0337. The highest BCUT2D eigenvalue weighted by atomic mass is 32.1. The van der Waals surface area contributed by atoms with Crippen molar-refractivity contribution >= 4 is 45.4 Å². The first-order valence-electron chi connectivity index (χ1n) is 9.99. The average molecular weight is 464 g/mol. The van der Waals surface area contributed by atoms with Gasteiger partial charge >= 0.3 is 5.97 Å². The van der Waals surface area contributed by atoms with Gasteiger partial charge in [0.2, 0.25) is 0 Å². The molecule has 6 nitrogen and oxygen atoms in total. The van der Waals surface area contributed by atoms with E-state index in [0.29, 0.717) is 22.1 Å². The fraction of sp³-hybridized carbons (Fsp3) is 0.125. The highest BCUT2D eigenvalue weighted by Crippen LogP contribution is 2.21. The number of nitrogens with zero attached hydrogens (tertiary/aromatic N) is 1. The zero-order valence-corrected chi connectivity index (χ0v) is 18.7. The number of carbonyl (C=O) groups is 2. The standard InChI is InChI=1S/C24H21N3O3S2/c28-22(21-12-7-13-31-21)27-20(14-17-8-3-1-4-9-17)23(29)30-15-19-16-32-24(26-19)25-18-10-5-2-6-11-18/h1-13,16,20H,14-15H2,(H,25,26)(H,27,28). The second-order valence-electron chi connectivity index (χ2n) is 6.94. The van der Waals surface area contributed by atoms with E-state index in [1.165, 1.54) is 22.7 Å². The summed E-state index contributed by atoms with van der Waals surface area (Å²) in [5.41, 5.74) is 2.51. The van der Waals surface area contributed by atoms with Crippen LogP contribution in [-0.4, -0.2) is 22.9 Å². The number of hydrogen-bond acceptors (Lipinski definition) is 7. The number of aromatic nitrogens is 1. The van der Waals surface area contributed by atoms with E-state index in [-0.39, 0.29) is 12.5 Å². The van der Waals surface area contributed by atoms with Crippen molar-refractivity contribution in [2.75, 3.05) is 5.32 Å². The maximum atomic E-state index is 12.9. The number of ether oxygens (including phenoxy) is 1. The van der Waals surface area contributed by atoms with Gasteiger partial charge in [-0.2, -0.15) is 0 Å². The Morgan fingerprint density at radius 2 is 1.69 bits per heavy atom. The maximum absolute atomic E-state index is 12.9. The topological polar surface area (TPSA) is 80.3 Å². The minimum atomic E-state index is -0.799. The Labute approximate surface area is 193 Å². The van der Waals surface area contributed by atoms with Gasteiger partial charge in [0.25, 0.3) is 5.91 Å². The first-order valence-corrected chi connectivity index (χ1v) is 11.7. The van der Waals surface area contributed by atoms with Crippen molar-refractivity contribution in [3.63, 3.8) is 0 Å². The Bertz CT molecular complexity index is 1150. The molecule has 0 saturated carbocycles. The summed E-state index contributed by atoms with van der Waals surface area (Å²) in [5.74, 6) is -0.787. The lowest BCUT2D eigenvalue weighted by Crippen LogP contribution is -2.43. The van der Waals surface area contributed by atoms with E-state index in [4.69, 9.17) is 4.74 Å². The van der Waals surface area contributed by atoms with E-state index in [1.807, 2.05) is 71.4 Å². The zero-order chi connectivity index (χ0) is 22.2. The second-order valence-corrected chi connectivity index (χ2v) is 8.74. The Morgan fingerprint density at radius 3 is 2.41 bits per heavy atom. The van der Waals surface area contributed by atoms with E-state index < -0.39 is 12.0 Å². The number of hydrogen-bond donors (Lipinski definition) is 2. The normalized spacial score (nSPS) is 11.5. The molecule has 0 radical (unpaired) electrons. The van der Waals surface area contributed by atoms with Crippen LogP contribution in [0.1, 0.15) is 20.9 Å². The maximum Gasteiger partial charge on any atom is 0.329 e. The minimum absolute atomic E-state index is 0.0337. The number of amides is 1. The predicted molar refractivity (Wildman–Crippen MR) is 127 cm³/mol. The lowest BCUT2D eigenvalue weighted by molar-refractivity contribution is -0.147. The van der Waals surface area contributed by atoms with Crippen LogP contribution < -0.4 is 10.6 Å². The molecule has 1 amide bonds. The van der Waals surface area contributed by atoms with Crippen molar-refractivity contribution in [3.8, 4) is 0 Å². The van der Waals surface area contributed by atoms with Crippen LogP contribution >= 0.6 is 22.7 Å². The summed E-state index contributed by atoms with van der Waals surface area (Å²) in [4.78, 5) is 30.4. The molecule has 2 aromatic heterocycles. The van der Waals surface area contributed by atoms with Crippen molar-refractivity contribution in [2.24, 2.45) is 0 Å². The van der Waals surface area contributed by atoms with Crippen molar-refractivity contribution in [1.82, 2.24) is 10.3 Å². The van der Waals surface area contributed by atoms with Gasteiger partial charge in [-0.05, 0) is 29.1 Å². The van der Waals surface area contributed by atoms with Gasteiger partial charge < -0.3 is 15.4 Å². The number of para-hydroxylation sites is 1. The molecule has 0 saturated heterocycles. The van der Waals surface area contributed by atoms with Crippen LogP contribution in [0.15, 0.2) is 83.6 Å². The lowest BCUT2D eigenvalue weighted by Gasteiger charge is -2.17. The highest BCUT2D eigenvalue weighted by Gasteiger charge is 2.24. The summed E-state index contributed by atoms with van der Waals surface area (Å²) in [6.07, 6.45) is 0.342. The summed E-state index contributed by atoms with van der Waals surface area (Å²) < 4.78 is 5.51. The van der Waals surface area contributed by atoms with E-state index in [2.05, 4.69) is 15.6 Å². The Kier molecular flexibility index (Phi) is 7.27. The molecule has 2 heterocycles. The molecule has 2 N–H and O–H groups in total. The van der Waals surface area contributed by atoms with Gasteiger partial charge in [-0.3, -0.25) is 4.79 Å². The van der Waals surface area contributed by atoms with Crippen molar-refractivity contribution in [2.45, 2.75) is 19.1 Å². The molecule has 1 atom stereocenters. The van der Waals surface area contributed by atoms with Gasteiger partial charge in [0.05, 0.1) is 10.6 Å². The number of anilines is 2.